The van der Waals surface area contributed by atoms with Gasteiger partial charge in [0.2, 0.25) is 0 Å². The van der Waals surface area contributed by atoms with Crippen LogP contribution in [0, 0.1) is 11.8 Å². The standard InChI is InChI=1S/C16H23O2/c1-11(2)16(12-7-9-13(17)10-8-12)14-5-3-4-6-15(14)18/h7-10,14-18H,3-6H2,1-2H3. The number of phenolic OH excluding ortho intramolecular Hbond substituents is 1. The molecule has 0 aliphatic heterocycles. The van der Waals surface area contributed by atoms with Gasteiger partial charge in [0.15, 0.2) is 0 Å². The van der Waals surface area contributed by atoms with Gasteiger partial charge >= 0.3 is 0 Å². The van der Waals surface area contributed by atoms with Gasteiger partial charge in [-0.1, -0.05) is 38.8 Å². The van der Waals surface area contributed by atoms with Crippen molar-refractivity contribution in [3.05, 3.63) is 35.7 Å². The second-order valence-corrected chi connectivity index (χ2v) is 5.66. The van der Waals surface area contributed by atoms with Gasteiger partial charge in [-0.05, 0) is 48.3 Å². The van der Waals surface area contributed by atoms with Crippen LogP contribution in [0.3, 0.4) is 0 Å². The number of aliphatic hydroxyl groups is 1. The van der Waals surface area contributed by atoms with Crippen molar-refractivity contribution in [2.75, 3.05) is 0 Å². The van der Waals surface area contributed by atoms with Crippen molar-refractivity contribution in [3.63, 3.8) is 0 Å². The summed E-state index contributed by atoms with van der Waals surface area (Å²) in [5, 5.41) is 19.6. The fraction of sp³-hybridized carbons (Fsp3) is 0.562. The number of phenols is 1. The summed E-state index contributed by atoms with van der Waals surface area (Å²) >= 11 is 0. The summed E-state index contributed by atoms with van der Waals surface area (Å²) in [6, 6.07) is 7.43. The smallest absolute Gasteiger partial charge is 0.115 e. The number of rotatable bonds is 3. The molecule has 0 aromatic heterocycles. The molecule has 2 N–H and O–H groups in total. The molecule has 0 saturated heterocycles. The first-order valence-corrected chi connectivity index (χ1v) is 6.86. The summed E-state index contributed by atoms with van der Waals surface area (Å²) in [5.74, 6) is 2.27. The Kier molecular flexibility index (Phi) is 4.28. The number of hydrogen-bond donors (Lipinski definition) is 2. The molecule has 3 atom stereocenters. The van der Waals surface area contributed by atoms with Crippen molar-refractivity contribution in [2.45, 2.75) is 51.6 Å². The van der Waals surface area contributed by atoms with E-state index in [0.717, 1.165) is 19.3 Å². The molecule has 1 radical (unpaired) electrons. The van der Waals surface area contributed by atoms with Crippen LogP contribution >= 0.6 is 0 Å². The predicted molar refractivity (Wildman–Crippen MR) is 73.4 cm³/mol. The van der Waals surface area contributed by atoms with E-state index in [0.29, 0.717) is 17.6 Å². The molecule has 3 unspecified atom stereocenters. The number of aliphatic hydroxyl groups excluding tert-OH is 1. The molecule has 0 spiro atoms. The Bertz CT molecular complexity index is 369. The highest BCUT2D eigenvalue weighted by molar-refractivity contribution is 5.32. The molecule has 2 heteroatoms. The summed E-state index contributed by atoms with van der Waals surface area (Å²) < 4.78 is 0. The van der Waals surface area contributed by atoms with E-state index in [2.05, 4.69) is 13.8 Å². The van der Waals surface area contributed by atoms with Gasteiger partial charge in [-0.3, -0.25) is 0 Å². The minimum absolute atomic E-state index is 0.188. The summed E-state index contributed by atoms with van der Waals surface area (Å²) in [7, 11) is 0. The van der Waals surface area contributed by atoms with Gasteiger partial charge in [0.1, 0.15) is 5.75 Å². The fourth-order valence-electron chi connectivity index (χ4n) is 3.22. The van der Waals surface area contributed by atoms with Crippen LogP contribution in [0.1, 0.15) is 51.0 Å². The van der Waals surface area contributed by atoms with Gasteiger partial charge < -0.3 is 10.2 Å². The summed E-state index contributed by atoms with van der Waals surface area (Å²) in [6.07, 6.45) is 4.18. The molecule has 1 aromatic rings. The first-order valence-electron chi connectivity index (χ1n) is 6.86. The molecule has 18 heavy (non-hydrogen) atoms. The third-order valence-electron chi connectivity index (χ3n) is 4.08. The Morgan fingerprint density at radius 3 is 2.28 bits per heavy atom. The summed E-state index contributed by atoms with van der Waals surface area (Å²) in [6.45, 7) is 4.28. The van der Waals surface area contributed by atoms with Crippen molar-refractivity contribution >= 4 is 0 Å². The Morgan fingerprint density at radius 2 is 1.72 bits per heavy atom. The third-order valence-corrected chi connectivity index (χ3v) is 4.08. The van der Waals surface area contributed by atoms with Gasteiger partial charge in [0.25, 0.3) is 0 Å². The zero-order valence-corrected chi connectivity index (χ0v) is 11.3. The zero-order chi connectivity index (χ0) is 13.1. The quantitative estimate of drug-likeness (QED) is 0.856. The van der Waals surface area contributed by atoms with Crippen LogP contribution in [-0.4, -0.2) is 16.3 Å². The van der Waals surface area contributed by atoms with Crippen LogP contribution in [0.25, 0.3) is 0 Å². The van der Waals surface area contributed by atoms with E-state index in [-0.39, 0.29) is 6.10 Å². The molecule has 1 aromatic carbocycles. The highest BCUT2D eigenvalue weighted by Crippen LogP contribution is 2.41. The summed E-state index contributed by atoms with van der Waals surface area (Å²) in [4.78, 5) is 0. The van der Waals surface area contributed by atoms with Crippen molar-refractivity contribution in [2.24, 2.45) is 5.92 Å². The lowest BCUT2D eigenvalue weighted by Gasteiger charge is -2.36. The highest BCUT2D eigenvalue weighted by Gasteiger charge is 2.33. The number of benzene rings is 1. The molecule has 2 nitrogen and oxygen atoms in total. The second kappa shape index (κ2) is 5.75. The SMILES string of the molecule is C[C](C)C(c1ccc(O)cc1)C1CCCCC1O. The van der Waals surface area contributed by atoms with Crippen molar-refractivity contribution in [1.82, 2.24) is 0 Å². The molecular formula is C16H23O2. The van der Waals surface area contributed by atoms with E-state index < -0.39 is 0 Å². The molecule has 99 valence electrons. The minimum atomic E-state index is -0.188. The Morgan fingerprint density at radius 1 is 1.11 bits per heavy atom. The average Bonchev–Trinajstić information content (AvgIpc) is 2.34. The maximum Gasteiger partial charge on any atom is 0.115 e. The normalized spacial score (nSPS) is 26.2. The number of hydrogen-bond acceptors (Lipinski definition) is 2. The summed E-state index contributed by atoms with van der Waals surface area (Å²) in [5.41, 5.74) is 1.21. The Hall–Kier alpha value is -1.02. The Labute approximate surface area is 110 Å². The van der Waals surface area contributed by atoms with Gasteiger partial charge in [-0.15, -0.1) is 0 Å². The lowest BCUT2D eigenvalue weighted by Crippen LogP contribution is -2.31. The second-order valence-electron chi connectivity index (χ2n) is 5.66. The van der Waals surface area contributed by atoms with Gasteiger partial charge in [0, 0.05) is 0 Å². The van der Waals surface area contributed by atoms with Gasteiger partial charge in [0.05, 0.1) is 6.10 Å². The van der Waals surface area contributed by atoms with E-state index in [9.17, 15) is 10.2 Å². The van der Waals surface area contributed by atoms with E-state index >= 15 is 0 Å². The molecule has 1 saturated carbocycles. The van der Waals surface area contributed by atoms with Crippen LogP contribution in [0.2, 0.25) is 0 Å². The molecule has 1 aliphatic rings. The number of aromatic hydroxyl groups is 1. The topological polar surface area (TPSA) is 40.5 Å². The fourth-order valence-corrected chi connectivity index (χ4v) is 3.22. The largest absolute Gasteiger partial charge is 0.508 e. The average molecular weight is 247 g/mol. The van der Waals surface area contributed by atoms with Crippen LogP contribution in [0.15, 0.2) is 24.3 Å². The molecule has 2 rings (SSSR count). The van der Waals surface area contributed by atoms with Crippen LogP contribution < -0.4 is 0 Å². The monoisotopic (exact) mass is 247 g/mol. The molecule has 0 heterocycles. The molecule has 1 aliphatic carbocycles. The minimum Gasteiger partial charge on any atom is -0.508 e. The molecule has 1 fully saturated rings. The van der Waals surface area contributed by atoms with Gasteiger partial charge in [-0.25, -0.2) is 0 Å². The van der Waals surface area contributed by atoms with E-state index in [1.807, 2.05) is 12.1 Å². The first-order chi connectivity index (χ1) is 8.59. The van der Waals surface area contributed by atoms with Crippen molar-refractivity contribution in [1.29, 1.82) is 0 Å². The predicted octanol–water partition coefficient (Wildman–Crippen LogP) is 3.64. The molecule has 0 amide bonds. The van der Waals surface area contributed by atoms with Crippen molar-refractivity contribution < 1.29 is 10.2 Å². The van der Waals surface area contributed by atoms with Crippen molar-refractivity contribution in [3.8, 4) is 5.75 Å². The maximum absolute atomic E-state index is 10.2. The zero-order valence-electron chi connectivity index (χ0n) is 11.3. The van der Waals surface area contributed by atoms with E-state index in [4.69, 9.17) is 0 Å². The first kappa shape index (κ1) is 13.4. The van der Waals surface area contributed by atoms with E-state index in [1.165, 1.54) is 17.9 Å². The highest BCUT2D eigenvalue weighted by atomic mass is 16.3. The molecule has 0 bridgehead atoms. The van der Waals surface area contributed by atoms with Crippen LogP contribution in [-0.2, 0) is 0 Å². The maximum atomic E-state index is 10.2. The van der Waals surface area contributed by atoms with E-state index in [1.54, 1.807) is 12.1 Å². The van der Waals surface area contributed by atoms with Gasteiger partial charge in [-0.2, -0.15) is 0 Å². The third kappa shape index (κ3) is 2.86. The Balaban J connectivity index is 2.24. The van der Waals surface area contributed by atoms with Crippen LogP contribution in [0.5, 0.6) is 5.75 Å². The lowest BCUT2D eigenvalue weighted by molar-refractivity contribution is 0.0572. The molecular weight excluding hydrogens is 224 g/mol. The lowest BCUT2D eigenvalue weighted by atomic mass is 9.70. The van der Waals surface area contributed by atoms with Crippen LogP contribution in [0.4, 0.5) is 0 Å².